The highest BCUT2D eigenvalue weighted by Crippen LogP contribution is 2.32. The van der Waals surface area contributed by atoms with Gasteiger partial charge in [0, 0.05) is 23.2 Å². The van der Waals surface area contributed by atoms with E-state index in [0.29, 0.717) is 40.1 Å². The van der Waals surface area contributed by atoms with Crippen molar-refractivity contribution >= 4 is 34.9 Å². The summed E-state index contributed by atoms with van der Waals surface area (Å²) in [5, 5.41) is 11.8. The summed E-state index contributed by atoms with van der Waals surface area (Å²) in [6, 6.07) is 13.4. The SMILES string of the molecule is C=CCn1c(SCC(=O)Nc2cccc3c2C(=O)c2ccccc2C3=O)nnc1-c1ccoc1C. The molecule has 0 saturated carbocycles. The van der Waals surface area contributed by atoms with Gasteiger partial charge in [-0.05, 0) is 19.1 Å². The summed E-state index contributed by atoms with van der Waals surface area (Å²) >= 11 is 1.21. The average molecular weight is 485 g/mol. The van der Waals surface area contributed by atoms with Crippen molar-refractivity contribution in [3.05, 3.63) is 95.5 Å². The molecule has 8 nitrogen and oxygen atoms in total. The first-order valence-electron chi connectivity index (χ1n) is 10.8. The first kappa shape index (κ1) is 22.5. The topological polar surface area (TPSA) is 107 Å². The van der Waals surface area contributed by atoms with E-state index in [2.05, 4.69) is 22.1 Å². The molecule has 174 valence electrons. The normalized spacial score (nSPS) is 12.3. The molecule has 0 aliphatic heterocycles. The van der Waals surface area contributed by atoms with Crippen LogP contribution in [0.15, 0.2) is 77.0 Å². The molecule has 1 amide bonds. The molecule has 5 rings (SSSR count). The van der Waals surface area contributed by atoms with E-state index in [9.17, 15) is 14.4 Å². The predicted molar refractivity (Wildman–Crippen MR) is 132 cm³/mol. The number of allylic oxidation sites excluding steroid dienone is 1. The molecule has 1 aliphatic rings. The van der Waals surface area contributed by atoms with Crippen LogP contribution in [0.1, 0.15) is 37.6 Å². The lowest BCUT2D eigenvalue weighted by Gasteiger charge is -2.20. The maximum absolute atomic E-state index is 13.1. The van der Waals surface area contributed by atoms with Gasteiger partial charge in [-0.25, -0.2) is 0 Å². The van der Waals surface area contributed by atoms with Crippen LogP contribution in [0, 0.1) is 6.92 Å². The van der Waals surface area contributed by atoms with E-state index < -0.39 is 0 Å². The first-order valence-corrected chi connectivity index (χ1v) is 11.8. The minimum Gasteiger partial charge on any atom is -0.469 e. The number of aromatic nitrogens is 3. The van der Waals surface area contributed by atoms with Crippen LogP contribution >= 0.6 is 11.8 Å². The van der Waals surface area contributed by atoms with Crippen LogP contribution in [0.25, 0.3) is 11.4 Å². The van der Waals surface area contributed by atoms with Gasteiger partial charge in [0.25, 0.3) is 0 Å². The number of ketones is 2. The smallest absolute Gasteiger partial charge is 0.234 e. The molecular weight excluding hydrogens is 464 g/mol. The minimum atomic E-state index is -0.336. The number of nitrogens with one attached hydrogen (secondary N) is 1. The monoisotopic (exact) mass is 484 g/mol. The lowest BCUT2D eigenvalue weighted by atomic mass is 9.83. The van der Waals surface area contributed by atoms with E-state index in [-0.39, 0.29) is 34.4 Å². The molecule has 0 radical (unpaired) electrons. The molecule has 1 N–H and O–H groups in total. The Morgan fingerprint density at radius 2 is 1.77 bits per heavy atom. The second-order valence-electron chi connectivity index (χ2n) is 7.86. The van der Waals surface area contributed by atoms with Gasteiger partial charge in [-0.1, -0.05) is 54.2 Å². The van der Waals surface area contributed by atoms with Crippen LogP contribution in [0.2, 0.25) is 0 Å². The Bertz CT molecular complexity index is 1500. The average Bonchev–Trinajstić information content (AvgIpc) is 3.46. The van der Waals surface area contributed by atoms with E-state index in [1.807, 2.05) is 17.6 Å². The van der Waals surface area contributed by atoms with E-state index in [1.54, 1.807) is 54.8 Å². The molecule has 0 saturated heterocycles. The van der Waals surface area contributed by atoms with Crippen molar-refractivity contribution in [2.24, 2.45) is 0 Å². The van der Waals surface area contributed by atoms with Gasteiger partial charge < -0.3 is 9.73 Å². The number of fused-ring (bicyclic) bond motifs is 2. The highest BCUT2D eigenvalue weighted by atomic mass is 32.2. The van der Waals surface area contributed by atoms with E-state index in [4.69, 9.17) is 4.42 Å². The number of carbonyl (C=O) groups is 3. The summed E-state index contributed by atoms with van der Waals surface area (Å²) in [5.41, 5.74) is 2.32. The zero-order chi connectivity index (χ0) is 24.5. The van der Waals surface area contributed by atoms with Crippen molar-refractivity contribution in [2.75, 3.05) is 11.1 Å². The predicted octanol–water partition coefficient (Wildman–Crippen LogP) is 4.54. The maximum atomic E-state index is 13.1. The van der Waals surface area contributed by atoms with E-state index in [1.165, 1.54) is 11.8 Å². The lowest BCUT2D eigenvalue weighted by molar-refractivity contribution is -0.113. The van der Waals surface area contributed by atoms with Gasteiger partial charge in [0.1, 0.15) is 5.76 Å². The highest BCUT2D eigenvalue weighted by Gasteiger charge is 2.31. The molecule has 1 aliphatic carbocycles. The van der Waals surface area contributed by atoms with Gasteiger partial charge in [0.2, 0.25) is 5.91 Å². The van der Waals surface area contributed by atoms with Gasteiger partial charge in [-0.3, -0.25) is 19.0 Å². The van der Waals surface area contributed by atoms with E-state index >= 15 is 0 Å². The quantitative estimate of drug-likeness (QED) is 0.267. The number of anilines is 1. The number of benzene rings is 2. The molecule has 2 aromatic carbocycles. The molecule has 9 heteroatoms. The Balaban J connectivity index is 1.36. The molecule has 0 atom stereocenters. The number of amides is 1. The second-order valence-corrected chi connectivity index (χ2v) is 8.81. The second kappa shape index (κ2) is 9.19. The Labute approximate surface area is 205 Å². The first-order chi connectivity index (χ1) is 17.0. The third kappa shape index (κ3) is 4.00. The number of aryl methyl sites for hydroxylation is 1. The van der Waals surface area contributed by atoms with Crippen molar-refractivity contribution in [3.63, 3.8) is 0 Å². The van der Waals surface area contributed by atoms with Crippen LogP contribution in [0.4, 0.5) is 5.69 Å². The number of furan rings is 1. The molecule has 0 unspecified atom stereocenters. The molecule has 2 aromatic heterocycles. The number of hydrogen-bond donors (Lipinski definition) is 1. The molecule has 0 spiro atoms. The van der Waals surface area contributed by atoms with Gasteiger partial charge >= 0.3 is 0 Å². The number of hydrogen-bond acceptors (Lipinski definition) is 7. The zero-order valence-corrected chi connectivity index (χ0v) is 19.6. The lowest BCUT2D eigenvalue weighted by Crippen LogP contribution is -2.24. The van der Waals surface area contributed by atoms with Crippen molar-refractivity contribution in [3.8, 4) is 11.4 Å². The summed E-state index contributed by atoms with van der Waals surface area (Å²) < 4.78 is 7.23. The largest absolute Gasteiger partial charge is 0.469 e. The fourth-order valence-electron chi connectivity index (χ4n) is 4.07. The Morgan fingerprint density at radius 3 is 2.49 bits per heavy atom. The van der Waals surface area contributed by atoms with Crippen LogP contribution in [-0.2, 0) is 11.3 Å². The van der Waals surface area contributed by atoms with Crippen molar-refractivity contribution in [1.29, 1.82) is 0 Å². The van der Waals surface area contributed by atoms with Gasteiger partial charge in [-0.2, -0.15) is 0 Å². The van der Waals surface area contributed by atoms with Crippen LogP contribution in [0.5, 0.6) is 0 Å². The molecule has 0 bridgehead atoms. The summed E-state index contributed by atoms with van der Waals surface area (Å²) in [4.78, 5) is 38.9. The Morgan fingerprint density at radius 1 is 1.03 bits per heavy atom. The zero-order valence-electron chi connectivity index (χ0n) is 18.8. The number of thioether (sulfide) groups is 1. The number of carbonyl (C=O) groups excluding carboxylic acids is 3. The van der Waals surface area contributed by atoms with Gasteiger partial charge in [0.15, 0.2) is 22.5 Å². The summed E-state index contributed by atoms with van der Waals surface area (Å²) in [6.07, 6.45) is 3.31. The molecule has 35 heavy (non-hydrogen) atoms. The van der Waals surface area contributed by atoms with Crippen LogP contribution in [-0.4, -0.2) is 38.0 Å². The van der Waals surface area contributed by atoms with Gasteiger partial charge in [0.05, 0.1) is 28.8 Å². The summed E-state index contributed by atoms with van der Waals surface area (Å²) in [5.74, 6) is 0.509. The van der Waals surface area contributed by atoms with Crippen molar-refractivity contribution < 1.29 is 18.8 Å². The van der Waals surface area contributed by atoms with Crippen LogP contribution < -0.4 is 5.32 Å². The molecule has 4 aromatic rings. The van der Waals surface area contributed by atoms with Crippen LogP contribution in [0.3, 0.4) is 0 Å². The van der Waals surface area contributed by atoms with Crippen molar-refractivity contribution in [1.82, 2.24) is 14.8 Å². The fourth-order valence-corrected chi connectivity index (χ4v) is 4.82. The summed E-state index contributed by atoms with van der Waals surface area (Å²) in [6.45, 7) is 6.09. The molecular formula is C26H20N4O4S. The van der Waals surface area contributed by atoms with Gasteiger partial charge in [-0.15, -0.1) is 16.8 Å². The van der Waals surface area contributed by atoms with E-state index in [0.717, 1.165) is 5.56 Å². The third-order valence-electron chi connectivity index (χ3n) is 5.69. The Kier molecular flexibility index (Phi) is 5.92. The molecule has 0 fully saturated rings. The third-order valence-corrected chi connectivity index (χ3v) is 6.65. The fraction of sp³-hybridized carbons (Fsp3) is 0.115. The highest BCUT2D eigenvalue weighted by molar-refractivity contribution is 7.99. The minimum absolute atomic E-state index is 0.0298. The summed E-state index contributed by atoms with van der Waals surface area (Å²) in [7, 11) is 0. The number of rotatable bonds is 7. The molecule has 2 heterocycles. The maximum Gasteiger partial charge on any atom is 0.234 e. The van der Waals surface area contributed by atoms with Crippen molar-refractivity contribution in [2.45, 2.75) is 18.6 Å². The standard InChI is InChI=1S/C26H20N4O4S/c1-3-12-30-25(16-11-13-34-15(16)2)28-29-26(30)35-14-21(31)27-20-10-6-9-19-22(20)24(33)18-8-5-4-7-17(18)23(19)32/h3-11,13H,1,12,14H2,2H3,(H,27,31). The Hall–Kier alpha value is -4.24. The number of nitrogens with zero attached hydrogens (tertiary/aromatic N) is 3.